The average molecular weight is 485 g/mol. The zero-order chi connectivity index (χ0) is 25.8. The molecule has 8 nitrogen and oxygen atoms in total. The molecule has 0 saturated heterocycles. The van der Waals surface area contributed by atoms with Crippen LogP contribution in [0.2, 0.25) is 0 Å². The quantitative estimate of drug-likeness (QED) is 0.538. The number of carbonyl (C=O) groups is 3. The second-order valence-electron chi connectivity index (χ2n) is 11.3. The molecule has 35 heavy (non-hydrogen) atoms. The molecule has 0 bridgehead atoms. The maximum atomic E-state index is 13.1. The summed E-state index contributed by atoms with van der Waals surface area (Å²) >= 11 is 0. The molecule has 2 N–H and O–H groups in total. The molecule has 2 fully saturated rings. The van der Waals surface area contributed by atoms with E-state index in [1.807, 2.05) is 34.6 Å². The third-order valence-corrected chi connectivity index (χ3v) is 7.41. The Kier molecular flexibility index (Phi) is 8.30. The molecule has 0 spiro atoms. The van der Waals surface area contributed by atoms with Crippen molar-refractivity contribution in [3.63, 3.8) is 0 Å². The molecule has 1 aromatic rings. The summed E-state index contributed by atoms with van der Waals surface area (Å²) in [7, 11) is 0. The van der Waals surface area contributed by atoms with Crippen molar-refractivity contribution in [2.24, 2.45) is 5.41 Å². The lowest BCUT2D eigenvalue weighted by atomic mass is 9.82. The molecule has 0 aliphatic heterocycles. The summed E-state index contributed by atoms with van der Waals surface area (Å²) in [6, 6.07) is 2.48. The van der Waals surface area contributed by atoms with Gasteiger partial charge in [0.2, 0.25) is 5.91 Å². The predicted molar refractivity (Wildman–Crippen MR) is 134 cm³/mol. The van der Waals surface area contributed by atoms with Crippen LogP contribution in [-0.2, 0) is 19.1 Å². The van der Waals surface area contributed by atoms with Gasteiger partial charge in [-0.1, -0.05) is 32.1 Å². The Bertz CT molecular complexity index is 1000. The summed E-state index contributed by atoms with van der Waals surface area (Å²) in [6.45, 7) is 9.13. The van der Waals surface area contributed by atoms with Crippen molar-refractivity contribution in [2.45, 2.75) is 110 Å². The summed E-state index contributed by atoms with van der Waals surface area (Å²) in [5, 5.41) is 15.6. The predicted octanol–water partition coefficient (Wildman–Crippen LogP) is 4.83. The Morgan fingerprint density at radius 3 is 2.26 bits per heavy atom. The van der Waals surface area contributed by atoms with Gasteiger partial charge in [-0.2, -0.15) is 5.26 Å². The largest absolute Gasteiger partial charge is 0.455 e. The van der Waals surface area contributed by atoms with E-state index in [1.54, 1.807) is 0 Å². The zero-order valence-corrected chi connectivity index (χ0v) is 21.9. The highest BCUT2D eigenvalue weighted by Crippen LogP contribution is 2.42. The maximum absolute atomic E-state index is 13.1. The summed E-state index contributed by atoms with van der Waals surface area (Å²) < 4.78 is 7.55. The fourth-order valence-electron chi connectivity index (χ4n) is 5.61. The van der Waals surface area contributed by atoms with Gasteiger partial charge in [-0.3, -0.25) is 14.4 Å². The van der Waals surface area contributed by atoms with E-state index >= 15 is 0 Å². The number of nitrogens with one attached hydrogen (secondary N) is 2. The van der Waals surface area contributed by atoms with E-state index in [0.29, 0.717) is 24.2 Å². The van der Waals surface area contributed by atoms with Gasteiger partial charge in [-0.25, -0.2) is 0 Å². The van der Waals surface area contributed by atoms with E-state index in [0.717, 1.165) is 49.8 Å². The van der Waals surface area contributed by atoms with Crippen LogP contribution in [0, 0.1) is 30.6 Å². The number of carbonyl (C=O) groups excluding carboxylic acids is 3. The highest BCUT2D eigenvalue weighted by atomic mass is 16.5. The monoisotopic (exact) mass is 484 g/mol. The molecule has 192 valence electrons. The van der Waals surface area contributed by atoms with Crippen molar-refractivity contribution < 1.29 is 19.1 Å². The number of aromatic nitrogens is 1. The van der Waals surface area contributed by atoms with Gasteiger partial charge in [-0.05, 0) is 65.9 Å². The normalized spacial score (nSPS) is 18.1. The summed E-state index contributed by atoms with van der Waals surface area (Å²) in [5.74, 6) is -0.659. The molecule has 0 aromatic carbocycles. The number of esters is 1. The molecule has 1 aromatic heterocycles. The van der Waals surface area contributed by atoms with Crippen LogP contribution in [0.25, 0.3) is 0 Å². The third kappa shape index (κ3) is 6.25. The Labute approximate surface area is 208 Å². The molecule has 0 atom stereocenters. The lowest BCUT2D eigenvalue weighted by Gasteiger charge is -2.28. The number of ether oxygens (including phenoxy) is 1. The molecule has 0 radical (unpaired) electrons. The molecule has 2 aliphatic carbocycles. The first-order valence-electron chi connectivity index (χ1n) is 12.9. The molecule has 3 rings (SSSR count). The Balaban J connectivity index is 1.70. The van der Waals surface area contributed by atoms with Crippen LogP contribution < -0.4 is 10.6 Å². The fraction of sp³-hybridized carbons (Fsp3) is 0.704. The van der Waals surface area contributed by atoms with Crippen molar-refractivity contribution in [3.05, 3.63) is 16.8 Å². The summed E-state index contributed by atoms with van der Waals surface area (Å²) in [4.78, 5) is 38.5. The zero-order valence-electron chi connectivity index (χ0n) is 21.9. The van der Waals surface area contributed by atoms with Crippen molar-refractivity contribution >= 4 is 23.6 Å². The lowest BCUT2D eigenvalue weighted by Crippen LogP contribution is -2.44. The summed E-state index contributed by atoms with van der Waals surface area (Å²) in [6.07, 6.45) is 8.39. The van der Waals surface area contributed by atoms with Crippen LogP contribution in [0.3, 0.4) is 0 Å². The van der Waals surface area contributed by atoms with Gasteiger partial charge in [0, 0.05) is 23.7 Å². The maximum Gasteiger partial charge on any atom is 0.313 e. The van der Waals surface area contributed by atoms with E-state index < -0.39 is 23.9 Å². The number of hydrogen-bond acceptors (Lipinski definition) is 5. The van der Waals surface area contributed by atoms with Crippen LogP contribution in [-0.4, -0.2) is 34.5 Å². The van der Waals surface area contributed by atoms with Crippen LogP contribution in [0.1, 0.15) is 108 Å². The van der Waals surface area contributed by atoms with Crippen molar-refractivity contribution in [2.75, 3.05) is 11.9 Å². The van der Waals surface area contributed by atoms with E-state index in [9.17, 15) is 19.6 Å². The standard InChI is InChI=1S/C27H40N4O4/c1-18-19(2)31(20-11-7-6-8-12-20)24(21(18)16-28)29-23(33)17-35-25(34)27(13-9-10-14-27)15-22(32)30-26(3,4)5/h20H,6-15,17H2,1-5H3,(H,29,33)(H,30,32). The Morgan fingerprint density at radius 2 is 1.69 bits per heavy atom. The second kappa shape index (κ2) is 10.8. The molecule has 2 aliphatic rings. The first-order valence-corrected chi connectivity index (χ1v) is 12.9. The van der Waals surface area contributed by atoms with Crippen LogP contribution in [0.15, 0.2) is 0 Å². The van der Waals surface area contributed by atoms with Crippen molar-refractivity contribution in [3.8, 4) is 6.07 Å². The third-order valence-electron chi connectivity index (χ3n) is 7.41. The van der Waals surface area contributed by atoms with Crippen LogP contribution in [0.5, 0.6) is 0 Å². The van der Waals surface area contributed by atoms with E-state index in [2.05, 4.69) is 21.3 Å². The number of hydrogen-bond donors (Lipinski definition) is 2. The van der Waals surface area contributed by atoms with Gasteiger partial charge >= 0.3 is 5.97 Å². The number of nitrogens with zero attached hydrogens (tertiary/aromatic N) is 2. The number of rotatable bonds is 7. The summed E-state index contributed by atoms with van der Waals surface area (Å²) in [5.41, 5.74) is 1.03. The van der Waals surface area contributed by atoms with Gasteiger partial charge in [0.05, 0.1) is 11.0 Å². The van der Waals surface area contributed by atoms with Gasteiger partial charge in [0.1, 0.15) is 11.9 Å². The Hall–Kier alpha value is -2.82. The SMILES string of the molecule is Cc1c(C#N)c(NC(=O)COC(=O)C2(CC(=O)NC(C)(C)C)CCCC2)n(C2CCCCC2)c1C. The van der Waals surface area contributed by atoms with E-state index in [-0.39, 0.29) is 23.9 Å². The second-order valence-corrected chi connectivity index (χ2v) is 11.3. The lowest BCUT2D eigenvalue weighted by molar-refractivity contribution is -0.160. The van der Waals surface area contributed by atoms with Crippen LogP contribution >= 0.6 is 0 Å². The van der Waals surface area contributed by atoms with Gasteiger partial charge in [0.15, 0.2) is 6.61 Å². The first-order chi connectivity index (χ1) is 16.5. The smallest absolute Gasteiger partial charge is 0.313 e. The minimum absolute atomic E-state index is 0.0617. The molecule has 8 heteroatoms. The van der Waals surface area contributed by atoms with Crippen molar-refractivity contribution in [1.82, 2.24) is 9.88 Å². The average Bonchev–Trinajstić information content (AvgIpc) is 3.34. The minimum Gasteiger partial charge on any atom is -0.455 e. The highest BCUT2D eigenvalue weighted by Gasteiger charge is 2.45. The number of anilines is 1. The van der Waals surface area contributed by atoms with E-state index in [4.69, 9.17) is 4.74 Å². The van der Waals surface area contributed by atoms with Gasteiger partial charge in [-0.15, -0.1) is 0 Å². The highest BCUT2D eigenvalue weighted by molar-refractivity contribution is 5.94. The van der Waals surface area contributed by atoms with Crippen molar-refractivity contribution in [1.29, 1.82) is 5.26 Å². The first kappa shape index (κ1) is 26.8. The number of nitriles is 1. The topological polar surface area (TPSA) is 113 Å². The molecule has 2 saturated carbocycles. The molecule has 2 amide bonds. The Morgan fingerprint density at radius 1 is 1.06 bits per heavy atom. The van der Waals surface area contributed by atoms with E-state index in [1.165, 1.54) is 6.42 Å². The fourth-order valence-corrected chi connectivity index (χ4v) is 5.61. The van der Waals surface area contributed by atoms with Gasteiger partial charge in [0.25, 0.3) is 5.91 Å². The number of amides is 2. The molecular formula is C27H40N4O4. The molecule has 1 heterocycles. The minimum atomic E-state index is -0.886. The molecule has 0 unspecified atom stereocenters. The van der Waals surface area contributed by atoms with Gasteiger partial charge < -0.3 is 19.9 Å². The molecular weight excluding hydrogens is 444 g/mol. The van der Waals surface area contributed by atoms with Crippen LogP contribution in [0.4, 0.5) is 5.82 Å².